The Labute approximate surface area is 520 Å². The maximum atomic E-state index is 10.5. The number of hydrogen-bond acceptors (Lipinski definition) is 2. The Balaban J connectivity index is 0.0000106. The van der Waals surface area contributed by atoms with Gasteiger partial charge in [0, 0.05) is 70.4 Å². The van der Waals surface area contributed by atoms with Crippen LogP contribution in [0, 0.1) is 25.3 Å². The standard InChI is InChI=1S/C74H72N4O.Pt/c1-47-35-68(75-44-61(47)48-23-16-15-17-24-48)78-64-28-19-18-27-57(64)58-33-32-56(43-67(58)78)79-55-26-22-25-54(42-55)76-46-77(66-30-21-20-29-65(66)76)69-59(49-31-34-62-63(38-49)74(13,14)45-73(62,11)12)40-53(72(8,9)10)41-60(69)50-36-51(70(2,3)4)39-52(37-50)71(5,6)7;/h15-41,44H,45H2,1-14H3;/q-2;/i1D3,11D3,12D3,13D3,14D3,15D,16D,17D,23D,24D,31D,34D,38D;. The van der Waals surface area contributed by atoms with Crippen molar-refractivity contribution in [1.29, 1.82) is 0 Å². The summed E-state index contributed by atoms with van der Waals surface area (Å²) >= 11 is 0. The fourth-order valence-electron chi connectivity index (χ4n) is 10.6. The Bertz CT molecular complexity index is 5200. The Morgan fingerprint density at radius 1 is 0.600 bits per heavy atom. The molecule has 406 valence electrons. The first-order chi connectivity index (χ1) is 47.0. The first-order valence-electron chi connectivity index (χ1n) is 37.7. The van der Waals surface area contributed by atoms with Crippen molar-refractivity contribution in [3.05, 3.63) is 222 Å². The van der Waals surface area contributed by atoms with Crippen LogP contribution in [0.5, 0.6) is 11.5 Å². The van der Waals surface area contributed by atoms with Gasteiger partial charge in [0.15, 0.2) is 0 Å². The number of benzene rings is 8. The summed E-state index contributed by atoms with van der Waals surface area (Å²) in [6, 6.07) is 35.2. The van der Waals surface area contributed by atoms with Crippen molar-refractivity contribution >= 4 is 32.8 Å². The predicted molar refractivity (Wildman–Crippen MR) is 328 cm³/mol. The molecule has 0 fully saturated rings. The largest absolute Gasteiger partial charge is 0.510 e. The Morgan fingerprint density at radius 3 is 1.95 bits per heavy atom. The Hall–Kier alpha value is -7.33. The number of fused-ring (bicyclic) bond motifs is 5. The maximum Gasteiger partial charge on any atom is 0.268 e. The molecule has 1 aliphatic carbocycles. The van der Waals surface area contributed by atoms with Crippen molar-refractivity contribution < 1.29 is 61.9 Å². The van der Waals surface area contributed by atoms with Crippen molar-refractivity contribution in [2.45, 2.75) is 130 Å². The number of imidazole rings is 1. The number of ether oxygens (including phenoxy) is 1. The second kappa shape index (κ2) is 19.7. The first-order valence-corrected chi connectivity index (χ1v) is 26.2. The Morgan fingerprint density at radius 2 is 1.25 bits per heavy atom. The van der Waals surface area contributed by atoms with Crippen LogP contribution in [-0.2, 0) is 48.1 Å². The predicted octanol–water partition coefficient (Wildman–Crippen LogP) is 18.8. The molecule has 80 heavy (non-hydrogen) atoms. The van der Waals surface area contributed by atoms with Gasteiger partial charge in [-0.25, -0.2) is 4.98 Å². The molecule has 3 heterocycles. The van der Waals surface area contributed by atoms with Gasteiger partial charge in [0.05, 0.1) is 27.7 Å². The number of hydrogen-bond donors (Lipinski definition) is 0. The van der Waals surface area contributed by atoms with E-state index in [9.17, 15) is 4.11 Å². The molecule has 0 bridgehead atoms. The van der Waals surface area contributed by atoms with Crippen LogP contribution in [0.3, 0.4) is 0 Å². The van der Waals surface area contributed by atoms with Crippen LogP contribution in [0.15, 0.2) is 170 Å². The maximum absolute atomic E-state index is 10.5. The SMILES string of the molecule is [2H]c1c([2H])c([2H])c(-c2cnc(-n3c4[c-]c(Oc5[c-]c(-n6[c-][n+](-c7c(-c8cc(C(C)(C)C)cc(C(C)(C)C)c8)cc(C(C)(C)C)cc7-c7c([2H])c([2H])c8c(c7[2H])C(C([2H])([2H])[2H])(C([2H])([2H])[2H])CC8(C([2H])([2H])[2H])C([2H])([2H])[2H])c7ccccc76)ccc5)ccc4c4ccccc43)cc2C([2H])([2H])[2H])c([2H])c1[2H].[Pt]. The fraction of sp³-hybridized carbons (Fsp3) is 0.270. The second-order valence-electron chi connectivity index (χ2n) is 23.7. The van der Waals surface area contributed by atoms with Gasteiger partial charge < -0.3 is 13.9 Å². The number of rotatable bonds is 8. The van der Waals surface area contributed by atoms with Gasteiger partial charge >= 0.3 is 0 Å². The Kier molecular flexibility index (Phi) is 8.25. The van der Waals surface area contributed by atoms with Crippen molar-refractivity contribution in [1.82, 2.24) is 14.1 Å². The van der Waals surface area contributed by atoms with Gasteiger partial charge in [0.25, 0.3) is 6.33 Å². The van der Waals surface area contributed by atoms with Crippen LogP contribution in [0.4, 0.5) is 0 Å². The summed E-state index contributed by atoms with van der Waals surface area (Å²) < 4.78 is 219. The van der Waals surface area contributed by atoms with E-state index in [1.165, 1.54) is 12.3 Å². The summed E-state index contributed by atoms with van der Waals surface area (Å²) in [5, 5.41) is 1.42. The molecular weight excluding hydrogens is 1160 g/mol. The van der Waals surface area contributed by atoms with E-state index in [0.717, 1.165) is 16.5 Å². The van der Waals surface area contributed by atoms with E-state index in [4.69, 9.17) is 37.1 Å². The van der Waals surface area contributed by atoms with E-state index in [2.05, 4.69) is 66.1 Å². The molecule has 11 aromatic rings. The van der Waals surface area contributed by atoms with Crippen LogP contribution < -0.4 is 9.30 Å². The third kappa shape index (κ3) is 9.74. The van der Waals surface area contributed by atoms with Crippen molar-refractivity contribution in [2.75, 3.05) is 0 Å². The number of nitrogens with zero attached hydrogens (tertiary/aromatic N) is 4. The molecule has 12 rings (SSSR count). The number of aryl methyl sites for hydroxylation is 1. The monoisotopic (exact) mass is 1250 g/mol. The van der Waals surface area contributed by atoms with E-state index in [1.807, 2.05) is 69.3 Å². The number of aromatic nitrogens is 4. The zero-order valence-corrected chi connectivity index (χ0v) is 48.0. The molecular formula is C74H72N4OPt-2. The third-order valence-electron chi connectivity index (χ3n) is 14.9. The van der Waals surface area contributed by atoms with Gasteiger partial charge in [0.2, 0.25) is 0 Å². The van der Waals surface area contributed by atoms with E-state index in [0.29, 0.717) is 49.8 Å². The summed E-state index contributed by atoms with van der Waals surface area (Å²) in [4.78, 5) is 4.70. The van der Waals surface area contributed by atoms with E-state index >= 15 is 0 Å². The molecule has 0 amide bonds. The van der Waals surface area contributed by atoms with Gasteiger partial charge in [-0.1, -0.05) is 216 Å². The molecule has 0 unspecified atom stereocenters. The molecule has 0 saturated carbocycles. The van der Waals surface area contributed by atoms with Gasteiger partial charge in [-0.15, -0.1) is 29.7 Å². The average molecular weight is 1250 g/mol. The molecule has 8 aromatic carbocycles. The molecule has 0 N–H and O–H groups in total. The van der Waals surface area contributed by atoms with Gasteiger partial charge in [0.1, 0.15) is 5.82 Å². The van der Waals surface area contributed by atoms with Crippen LogP contribution in [0.25, 0.3) is 83.4 Å². The fourth-order valence-corrected chi connectivity index (χ4v) is 10.6. The van der Waals surface area contributed by atoms with Crippen molar-refractivity contribution in [3.63, 3.8) is 0 Å². The minimum absolute atomic E-state index is 0. The molecule has 5 nitrogen and oxygen atoms in total. The van der Waals surface area contributed by atoms with E-state index in [-0.39, 0.29) is 66.3 Å². The van der Waals surface area contributed by atoms with Gasteiger partial charge in [-0.2, -0.15) is 18.2 Å². The first kappa shape index (κ1) is 33.4. The van der Waals surface area contributed by atoms with Gasteiger partial charge in [-0.3, -0.25) is 4.57 Å². The quantitative estimate of drug-likeness (QED) is 0.112. The zero-order valence-electron chi connectivity index (χ0n) is 68.8. The van der Waals surface area contributed by atoms with Crippen LogP contribution in [-0.4, -0.2) is 14.1 Å². The molecule has 0 spiro atoms. The van der Waals surface area contributed by atoms with Crippen LogP contribution in [0.2, 0.25) is 0 Å². The zero-order chi connectivity index (χ0) is 75.0. The molecule has 0 saturated heterocycles. The summed E-state index contributed by atoms with van der Waals surface area (Å²) in [5.41, 5.74) is -5.48. The molecule has 3 aromatic heterocycles. The summed E-state index contributed by atoms with van der Waals surface area (Å²) in [7, 11) is 0. The number of pyridine rings is 1. The normalized spacial score (nSPS) is 19.1. The van der Waals surface area contributed by atoms with Crippen molar-refractivity contribution in [3.8, 4) is 62.1 Å². The molecule has 0 atom stereocenters. The number of para-hydroxylation sites is 3. The minimum Gasteiger partial charge on any atom is -0.510 e. The smallest absolute Gasteiger partial charge is 0.268 e. The average Bonchev–Trinajstić information content (AvgIpc) is 1.49. The molecule has 6 heteroatoms. The molecule has 0 aliphatic heterocycles. The minimum atomic E-state index is -3.73. The van der Waals surface area contributed by atoms with Gasteiger partial charge in [-0.05, 0) is 125 Å². The summed E-state index contributed by atoms with van der Waals surface area (Å²) in [5.74, 6) is 0.469. The van der Waals surface area contributed by atoms with E-state index < -0.39 is 133 Å². The van der Waals surface area contributed by atoms with Crippen molar-refractivity contribution in [2.24, 2.45) is 0 Å². The van der Waals surface area contributed by atoms with Crippen LogP contribution in [0.1, 0.15) is 161 Å². The molecule has 1 aliphatic rings. The summed E-state index contributed by atoms with van der Waals surface area (Å²) in [6.07, 6.45) is 3.19. The third-order valence-corrected chi connectivity index (χ3v) is 14.9. The van der Waals surface area contributed by atoms with E-state index in [1.54, 1.807) is 68.3 Å². The second-order valence-corrected chi connectivity index (χ2v) is 23.7. The summed E-state index contributed by atoms with van der Waals surface area (Å²) in [6.45, 7) is 0.545. The molecule has 0 radical (unpaired) electrons. The topological polar surface area (TPSA) is 35.9 Å². The van der Waals surface area contributed by atoms with Crippen LogP contribution >= 0.6 is 0 Å².